The van der Waals surface area contributed by atoms with Gasteiger partial charge in [-0.2, -0.15) is 0 Å². The number of aliphatic carboxylic acids is 1. The maximum absolute atomic E-state index is 10.8. The minimum absolute atomic E-state index is 0.516. The van der Waals surface area contributed by atoms with Gasteiger partial charge in [0.15, 0.2) is 0 Å². The molecular formula is C13H18O3. The van der Waals surface area contributed by atoms with Crippen molar-refractivity contribution >= 4 is 5.97 Å². The van der Waals surface area contributed by atoms with Crippen molar-refractivity contribution in [1.82, 2.24) is 0 Å². The van der Waals surface area contributed by atoms with E-state index in [0.717, 1.165) is 12.8 Å². The second-order valence-electron chi connectivity index (χ2n) is 4.06. The Labute approximate surface area is 95.7 Å². The highest BCUT2D eigenvalue weighted by atomic mass is 16.4. The van der Waals surface area contributed by atoms with Crippen LogP contribution < -0.4 is 0 Å². The molecule has 0 aliphatic rings. The van der Waals surface area contributed by atoms with Gasteiger partial charge in [0, 0.05) is 0 Å². The molecule has 2 atom stereocenters. The van der Waals surface area contributed by atoms with Crippen LogP contribution in [0.4, 0.5) is 0 Å². The van der Waals surface area contributed by atoms with Crippen molar-refractivity contribution in [2.45, 2.75) is 32.3 Å². The molecule has 2 N–H and O–H groups in total. The average Bonchev–Trinajstić information content (AvgIpc) is 2.24. The number of aliphatic hydroxyl groups is 1. The lowest BCUT2D eigenvalue weighted by atomic mass is 9.95. The zero-order valence-electron chi connectivity index (χ0n) is 9.47. The molecule has 0 saturated heterocycles. The average molecular weight is 222 g/mol. The molecule has 1 aromatic rings. The summed E-state index contributed by atoms with van der Waals surface area (Å²) in [5.41, 5.74) is 1.21. The van der Waals surface area contributed by atoms with Crippen LogP contribution in [0.2, 0.25) is 0 Å². The lowest BCUT2D eigenvalue weighted by Crippen LogP contribution is -2.25. The van der Waals surface area contributed by atoms with E-state index in [-0.39, 0.29) is 0 Å². The van der Waals surface area contributed by atoms with Crippen molar-refractivity contribution < 1.29 is 15.0 Å². The molecule has 0 heterocycles. The van der Waals surface area contributed by atoms with Crippen molar-refractivity contribution in [2.24, 2.45) is 5.92 Å². The third-order valence-corrected chi connectivity index (χ3v) is 2.72. The molecule has 1 aromatic carbocycles. The number of hydrogen-bond acceptors (Lipinski definition) is 2. The Bertz CT molecular complexity index is 319. The molecule has 1 unspecified atom stereocenters. The van der Waals surface area contributed by atoms with E-state index in [4.69, 9.17) is 5.11 Å². The number of aliphatic hydroxyl groups excluding tert-OH is 1. The van der Waals surface area contributed by atoms with Gasteiger partial charge < -0.3 is 10.2 Å². The Morgan fingerprint density at radius 3 is 2.44 bits per heavy atom. The summed E-state index contributed by atoms with van der Waals surface area (Å²) in [6, 6.07) is 9.95. The quantitative estimate of drug-likeness (QED) is 0.774. The second-order valence-corrected chi connectivity index (χ2v) is 4.06. The van der Waals surface area contributed by atoms with E-state index in [9.17, 15) is 9.90 Å². The molecule has 88 valence electrons. The van der Waals surface area contributed by atoms with E-state index >= 15 is 0 Å². The molecule has 0 bridgehead atoms. The van der Waals surface area contributed by atoms with Crippen molar-refractivity contribution in [3.8, 4) is 0 Å². The predicted molar refractivity (Wildman–Crippen MR) is 62.2 cm³/mol. The van der Waals surface area contributed by atoms with Crippen molar-refractivity contribution in [3.05, 3.63) is 35.9 Å². The normalized spacial score (nSPS) is 14.4. The third kappa shape index (κ3) is 4.03. The van der Waals surface area contributed by atoms with Crippen LogP contribution in [0.25, 0.3) is 0 Å². The Morgan fingerprint density at radius 1 is 1.31 bits per heavy atom. The Morgan fingerprint density at radius 2 is 1.94 bits per heavy atom. The zero-order valence-corrected chi connectivity index (χ0v) is 9.47. The van der Waals surface area contributed by atoms with Gasteiger partial charge in [-0.05, 0) is 31.7 Å². The number of hydrogen-bond donors (Lipinski definition) is 2. The first-order valence-electron chi connectivity index (χ1n) is 5.56. The first kappa shape index (κ1) is 12.7. The van der Waals surface area contributed by atoms with Gasteiger partial charge in [-0.15, -0.1) is 0 Å². The lowest BCUT2D eigenvalue weighted by molar-refractivity contribution is -0.145. The number of carbonyl (C=O) groups is 1. The van der Waals surface area contributed by atoms with Crippen LogP contribution in [-0.4, -0.2) is 22.3 Å². The summed E-state index contributed by atoms with van der Waals surface area (Å²) in [6.07, 6.45) is 1.37. The van der Waals surface area contributed by atoms with E-state index in [1.54, 1.807) is 0 Å². The van der Waals surface area contributed by atoms with Crippen LogP contribution in [0.5, 0.6) is 0 Å². The fourth-order valence-electron chi connectivity index (χ4n) is 1.74. The monoisotopic (exact) mass is 222 g/mol. The van der Waals surface area contributed by atoms with Gasteiger partial charge >= 0.3 is 5.97 Å². The summed E-state index contributed by atoms with van der Waals surface area (Å²) in [5.74, 6) is -1.56. The highest BCUT2D eigenvalue weighted by Gasteiger charge is 2.22. The molecule has 0 aromatic heterocycles. The molecule has 1 rings (SSSR count). The minimum atomic E-state index is -0.914. The third-order valence-electron chi connectivity index (χ3n) is 2.72. The highest BCUT2D eigenvalue weighted by molar-refractivity contribution is 5.70. The summed E-state index contributed by atoms with van der Waals surface area (Å²) in [4.78, 5) is 10.8. The summed E-state index contributed by atoms with van der Waals surface area (Å²) in [7, 11) is 0. The fourth-order valence-corrected chi connectivity index (χ4v) is 1.74. The topological polar surface area (TPSA) is 57.5 Å². The summed E-state index contributed by atoms with van der Waals surface area (Å²) in [5, 5.41) is 18.2. The summed E-state index contributed by atoms with van der Waals surface area (Å²) in [6.45, 7) is 1.53. The van der Waals surface area contributed by atoms with E-state index in [0.29, 0.717) is 6.42 Å². The van der Waals surface area contributed by atoms with Crippen LogP contribution in [-0.2, 0) is 11.2 Å². The molecule has 0 aliphatic heterocycles. The predicted octanol–water partition coefficient (Wildman–Crippen LogP) is 2.09. The highest BCUT2D eigenvalue weighted by Crippen LogP contribution is 2.14. The van der Waals surface area contributed by atoms with Gasteiger partial charge in [0.2, 0.25) is 0 Å². The van der Waals surface area contributed by atoms with Crippen molar-refractivity contribution in [1.29, 1.82) is 0 Å². The molecule has 16 heavy (non-hydrogen) atoms. The molecule has 3 nitrogen and oxygen atoms in total. The molecule has 0 fully saturated rings. The number of rotatable bonds is 6. The van der Waals surface area contributed by atoms with Crippen LogP contribution >= 0.6 is 0 Å². The molecule has 0 saturated carbocycles. The maximum atomic E-state index is 10.8. The molecule has 0 spiro atoms. The van der Waals surface area contributed by atoms with Crippen molar-refractivity contribution in [2.75, 3.05) is 0 Å². The first-order valence-corrected chi connectivity index (χ1v) is 5.56. The zero-order chi connectivity index (χ0) is 12.0. The van der Waals surface area contributed by atoms with Gasteiger partial charge in [-0.3, -0.25) is 4.79 Å². The molecular weight excluding hydrogens is 204 g/mol. The molecule has 0 amide bonds. The Hall–Kier alpha value is -1.35. The summed E-state index contributed by atoms with van der Waals surface area (Å²) >= 11 is 0. The van der Waals surface area contributed by atoms with E-state index in [1.807, 2.05) is 30.3 Å². The molecule has 3 heteroatoms. The number of aryl methyl sites for hydroxylation is 1. The number of carboxylic acid groups (broad SMARTS) is 1. The standard InChI is InChI=1S/C13H18O3/c1-10(14)12(13(15)16)9-5-8-11-6-3-2-4-7-11/h2-4,6-7,10,12,14H,5,8-9H2,1H3,(H,15,16)/t10-,12?/m0/s1. The van der Waals surface area contributed by atoms with E-state index in [2.05, 4.69) is 0 Å². The van der Waals surface area contributed by atoms with Crippen LogP contribution in [0.15, 0.2) is 30.3 Å². The fraction of sp³-hybridized carbons (Fsp3) is 0.462. The second kappa shape index (κ2) is 6.28. The number of carboxylic acids is 1. The molecule has 0 radical (unpaired) electrons. The van der Waals surface area contributed by atoms with E-state index in [1.165, 1.54) is 12.5 Å². The Kier molecular flexibility index (Phi) is 4.99. The van der Waals surface area contributed by atoms with E-state index < -0.39 is 18.0 Å². The van der Waals surface area contributed by atoms with Gasteiger partial charge in [0.25, 0.3) is 0 Å². The first-order chi connectivity index (χ1) is 7.61. The largest absolute Gasteiger partial charge is 0.481 e. The SMILES string of the molecule is C[C@H](O)C(CCCc1ccccc1)C(=O)O. The minimum Gasteiger partial charge on any atom is -0.481 e. The van der Waals surface area contributed by atoms with Crippen molar-refractivity contribution in [3.63, 3.8) is 0 Å². The lowest BCUT2D eigenvalue weighted by Gasteiger charge is -2.14. The van der Waals surface area contributed by atoms with Gasteiger partial charge in [0.05, 0.1) is 12.0 Å². The Balaban J connectivity index is 2.37. The van der Waals surface area contributed by atoms with Crippen LogP contribution in [0, 0.1) is 5.92 Å². The van der Waals surface area contributed by atoms with Crippen LogP contribution in [0.1, 0.15) is 25.3 Å². The van der Waals surface area contributed by atoms with Gasteiger partial charge in [-0.1, -0.05) is 30.3 Å². The summed E-state index contributed by atoms with van der Waals surface area (Å²) < 4.78 is 0. The number of benzene rings is 1. The smallest absolute Gasteiger partial charge is 0.309 e. The van der Waals surface area contributed by atoms with Gasteiger partial charge in [-0.25, -0.2) is 0 Å². The maximum Gasteiger partial charge on any atom is 0.309 e. The van der Waals surface area contributed by atoms with Crippen LogP contribution in [0.3, 0.4) is 0 Å². The molecule has 0 aliphatic carbocycles. The van der Waals surface area contributed by atoms with Gasteiger partial charge in [0.1, 0.15) is 0 Å².